The van der Waals surface area contributed by atoms with E-state index in [4.69, 9.17) is 15.2 Å². The summed E-state index contributed by atoms with van der Waals surface area (Å²) >= 11 is 0. The molecule has 0 aromatic heterocycles. The van der Waals surface area contributed by atoms with Crippen molar-refractivity contribution >= 4 is 0 Å². The molecule has 0 radical (unpaired) electrons. The van der Waals surface area contributed by atoms with Gasteiger partial charge in [-0.2, -0.15) is 0 Å². The summed E-state index contributed by atoms with van der Waals surface area (Å²) in [6, 6.07) is 0. The van der Waals surface area contributed by atoms with Crippen molar-refractivity contribution in [3.8, 4) is 0 Å². The lowest BCUT2D eigenvalue weighted by Crippen LogP contribution is -2.32. The van der Waals surface area contributed by atoms with Crippen LogP contribution in [-0.2, 0) is 9.47 Å². The van der Waals surface area contributed by atoms with Crippen molar-refractivity contribution in [2.24, 2.45) is 5.73 Å². The van der Waals surface area contributed by atoms with Crippen molar-refractivity contribution in [1.29, 1.82) is 0 Å². The highest BCUT2D eigenvalue weighted by molar-refractivity contribution is 4.57. The maximum Gasteiger partial charge on any atom is 0.0940 e. The van der Waals surface area contributed by atoms with Crippen molar-refractivity contribution < 1.29 is 9.47 Å². The van der Waals surface area contributed by atoms with E-state index in [0.717, 1.165) is 19.7 Å². The SMILES string of the molecule is CCOC(C)CN(C)CCOCN. The average Bonchev–Trinajstić information content (AvgIpc) is 2.05. The van der Waals surface area contributed by atoms with Crippen molar-refractivity contribution in [2.45, 2.75) is 20.0 Å². The van der Waals surface area contributed by atoms with Gasteiger partial charge in [0.1, 0.15) is 0 Å². The van der Waals surface area contributed by atoms with Crippen LogP contribution < -0.4 is 5.73 Å². The Morgan fingerprint density at radius 1 is 1.46 bits per heavy atom. The zero-order chi connectivity index (χ0) is 10.1. The number of ether oxygens (including phenoxy) is 2. The summed E-state index contributed by atoms with van der Waals surface area (Å²) in [5.74, 6) is 0. The third-order valence-corrected chi connectivity index (χ3v) is 1.76. The zero-order valence-corrected chi connectivity index (χ0v) is 8.95. The van der Waals surface area contributed by atoms with E-state index >= 15 is 0 Å². The Kier molecular flexibility index (Phi) is 8.33. The second kappa shape index (κ2) is 8.44. The Morgan fingerprint density at radius 2 is 2.15 bits per heavy atom. The molecule has 80 valence electrons. The van der Waals surface area contributed by atoms with Gasteiger partial charge in [0, 0.05) is 19.7 Å². The molecule has 0 aliphatic carbocycles. The molecule has 0 heterocycles. The van der Waals surface area contributed by atoms with Gasteiger partial charge >= 0.3 is 0 Å². The average molecular weight is 190 g/mol. The highest BCUT2D eigenvalue weighted by atomic mass is 16.5. The molecule has 0 fully saturated rings. The minimum absolute atomic E-state index is 0.285. The predicted molar refractivity (Wildman–Crippen MR) is 53.6 cm³/mol. The lowest BCUT2D eigenvalue weighted by atomic mass is 10.3. The van der Waals surface area contributed by atoms with Gasteiger partial charge in [0.15, 0.2) is 0 Å². The summed E-state index contributed by atoms with van der Waals surface area (Å²) in [4.78, 5) is 2.18. The fourth-order valence-electron chi connectivity index (χ4n) is 1.17. The van der Waals surface area contributed by atoms with Gasteiger partial charge in [-0.15, -0.1) is 0 Å². The van der Waals surface area contributed by atoms with E-state index in [0.29, 0.717) is 13.3 Å². The fraction of sp³-hybridized carbons (Fsp3) is 1.00. The van der Waals surface area contributed by atoms with E-state index in [9.17, 15) is 0 Å². The smallest absolute Gasteiger partial charge is 0.0940 e. The number of rotatable bonds is 8. The second-order valence-corrected chi connectivity index (χ2v) is 3.10. The molecular formula is C9H22N2O2. The van der Waals surface area contributed by atoms with Crippen LogP contribution >= 0.6 is 0 Å². The first kappa shape index (κ1) is 12.8. The van der Waals surface area contributed by atoms with Gasteiger partial charge in [-0.1, -0.05) is 0 Å². The van der Waals surface area contributed by atoms with Gasteiger partial charge in [-0.05, 0) is 20.9 Å². The molecule has 0 aromatic carbocycles. The van der Waals surface area contributed by atoms with Gasteiger partial charge in [0.05, 0.1) is 19.4 Å². The molecule has 4 nitrogen and oxygen atoms in total. The maximum atomic E-state index is 5.41. The normalized spacial score (nSPS) is 13.6. The largest absolute Gasteiger partial charge is 0.377 e. The van der Waals surface area contributed by atoms with Crippen LogP contribution in [0.5, 0.6) is 0 Å². The van der Waals surface area contributed by atoms with Crippen LogP contribution in [0.2, 0.25) is 0 Å². The maximum absolute atomic E-state index is 5.41. The molecule has 0 aliphatic rings. The first-order valence-corrected chi connectivity index (χ1v) is 4.78. The van der Waals surface area contributed by atoms with Crippen LogP contribution in [0.15, 0.2) is 0 Å². The summed E-state index contributed by atoms with van der Waals surface area (Å²) in [5.41, 5.74) is 5.20. The molecule has 2 N–H and O–H groups in total. The zero-order valence-electron chi connectivity index (χ0n) is 8.95. The van der Waals surface area contributed by atoms with E-state index in [-0.39, 0.29) is 6.10 Å². The number of hydrogen-bond acceptors (Lipinski definition) is 4. The Balaban J connectivity index is 3.32. The summed E-state index contributed by atoms with van der Waals surface area (Å²) in [6.07, 6.45) is 0.285. The molecule has 0 bridgehead atoms. The third kappa shape index (κ3) is 8.18. The molecule has 0 rings (SSSR count). The van der Waals surface area contributed by atoms with Crippen LogP contribution in [0.4, 0.5) is 0 Å². The number of nitrogens with zero attached hydrogens (tertiary/aromatic N) is 1. The van der Waals surface area contributed by atoms with Gasteiger partial charge < -0.3 is 20.1 Å². The van der Waals surface area contributed by atoms with Crippen LogP contribution in [0.25, 0.3) is 0 Å². The van der Waals surface area contributed by atoms with Gasteiger partial charge in [-0.25, -0.2) is 0 Å². The van der Waals surface area contributed by atoms with Crippen molar-refractivity contribution in [3.63, 3.8) is 0 Å². The molecule has 0 aromatic rings. The Morgan fingerprint density at radius 3 is 2.69 bits per heavy atom. The van der Waals surface area contributed by atoms with Gasteiger partial charge in [0.25, 0.3) is 0 Å². The number of likely N-dealkylation sites (N-methyl/N-ethyl adjacent to an activating group) is 1. The van der Waals surface area contributed by atoms with E-state index < -0.39 is 0 Å². The molecule has 1 atom stereocenters. The molecule has 0 saturated carbocycles. The minimum atomic E-state index is 0.285. The number of hydrogen-bond donors (Lipinski definition) is 1. The highest BCUT2D eigenvalue weighted by Gasteiger charge is 2.04. The first-order valence-electron chi connectivity index (χ1n) is 4.78. The Hall–Kier alpha value is -0.160. The predicted octanol–water partition coefficient (Wildman–Crippen LogP) is 0.276. The van der Waals surface area contributed by atoms with Gasteiger partial charge in [-0.3, -0.25) is 0 Å². The van der Waals surface area contributed by atoms with Crippen LogP contribution in [0, 0.1) is 0 Å². The van der Waals surface area contributed by atoms with E-state index in [1.807, 2.05) is 6.92 Å². The standard InChI is InChI=1S/C9H22N2O2/c1-4-13-9(2)7-11(3)5-6-12-8-10/h9H,4-8,10H2,1-3H3. The summed E-state index contributed by atoms with van der Waals surface area (Å²) in [5, 5.41) is 0. The summed E-state index contributed by atoms with van der Waals surface area (Å²) < 4.78 is 10.5. The highest BCUT2D eigenvalue weighted by Crippen LogP contribution is 1.93. The topological polar surface area (TPSA) is 47.7 Å². The Bertz CT molecular complexity index is 112. The lowest BCUT2D eigenvalue weighted by Gasteiger charge is -2.20. The molecule has 0 spiro atoms. The molecule has 0 aliphatic heterocycles. The molecule has 0 saturated heterocycles. The van der Waals surface area contributed by atoms with E-state index in [1.54, 1.807) is 0 Å². The summed E-state index contributed by atoms with van der Waals surface area (Å²) in [6.45, 7) is 7.67. The van der Waals surface area contributed by atoms with E-state index in [2.05, 4.69) is 18.9 Å². The molecule has 4 heteroatoms. The van der Waals surface area contributed by atoms with Crippen LogP contribution in [0.1, 0.15) is 13.8 Å². The monoisotopic (exact) mass is 190 g/mol. The quantitative estimate of drug-likeness (QED) is 0.441. The fourth-order valence-corrected chi connectivity index (χ4v) is 1.17. The van der Waals surface area contributed by atoms with Crippen molar-refractivity contribution in [3.05, 3.63) is 0 Å². The van der Waals surface area contributed by atoms with Crippen LogP contribution in [0.3, 0.4) is 0 Å². The van der Waals surface area contributed by atoms with Crippen LogP contribution in [-0.4, -0.2) is 51.1 Å². The van der Waals surface area contributed by atoms with Crippen molar-refractivity contribution in [1.82, 2.24) is 4.90 Å². The third-order valence-electron chi connectivity index (χ3n) is 1.76. The minimum Gasteiger partial charge on any atom is -0.377 e. The molecule has 0 amide bonds. The van der Waals surface area contributed by atoms with Crippen molar-refractivity contribution in [2.75, 3.05) is 40.1 Å². The lowest BCUT2D eigenvalue weighted by molar-refractivity contribution is 0.0421. The molecule has 1 unspecified atom stereocenters. The summed E-state index contributed by atoms with van der Waals surface area (Å²) in [7, 11) is 2.05. The molecular weight excluding hydrogens is 168 g/mol. The van der Waals surface area contributed by atoms with E-state index in [1.165, 1.54) is 0 Å². The first-order chi connectivity index (χ1) is 6.20. The Labute approximate surface area is 81.0 Å². The van der Waals surface area contributed by atoms with Gasteiger partial charge in [0.2, 0.25) is 0 Å². The number of nitrogens with two attached hydrogens (primary N) is 1. The molecule has 13 heavy (non-hydrogen) atoms. The second-order valence-electron chi connectivity index (χ2n) is 3.10.